The molecule has 3 rings (SSSR count). The molecule has 0 saturated heterocycles. The molecule has 3 atom stereocenters. The second-order valence-electron chi connectivity index (χ2n) is 7.92. The molecule has 1 aromatic carbocycles. The Balaban J connectivity index is 2.14. The molecule has 1 aliphatic carbocycles. The Morgan fingerprint density at radius 1 is 1.16 bits per heavy atom. The maximum Gasteiger partial charge on any atom is 0.336 e. The van der Waals surface area contributed by atoms with E-state index in [1.165, 1.54) is 14.0 Å². The van der Waals surface area contributed by atoms with Crippen molar-refractivity contribution in [2.75, 3.05) is 13.7 Å². The zero-order chi connectivity index (χ0) is 23.6. The normalized spacial score (nSPS) is 22.7. The highest BCUT2D eigenvalue weighted by Gasteiger charge is 2.47. The predicted octanol–water partition coefficient (Wildman–Crippen LogP) is 2.79. The Hall–Kier alpha value is -3.42. The van der Waals surface area contributed by atoms with E-state index in [2.05, 4.69) is 5.32 Å². The number of nitrogens with one attached hydrogen (secondary N) is 1. The number of carbonyl (C=O) groups excluding carboxylic acids is 4. The lowest BCUT2D eigenvalue weighted by Gasteiger charge is -2.38. The van der Waals surface area contributed by atoms with E-state index in [0.717, 1.165) is 0 Å². The quantitative estimate of drug-likeness (QED) is 0.422. The third kappa shape index (κ3) is 4.30. The lowest BCUT2D eigenvalue weighted by Crippen LogP contribution is -2.43. The fourth-order valence-corrected chi connectivity index (χ4v) is 4.39. The van der Waals surface area contributed by atoms with Crippen LogP contribution in [0.5, 0.6) is 5.75 Å². The number of Topliss-reactive ketones (excluding diaryl/α,β-unsaturated/α-hetero) is 1. The first-order valence-corrected chi connectivity index (χ1v) is 10.5. The molecular formula is C24H27NO7. The molecule has 170 valence electrons. The van der Waals surface area contributed by atoms with E-state index in [1.807, 2.05) is 6.92 Å². The molecule has 0 unspecified atom stereocenters. The van der Waals surface area contributed by atoms with E-state index >= 15 is 0 Å². The highest BCUT2D eigenvalue weighted by molar-refractivity contribution is 6.12. The van der Waals surface area contributed by atoms with Gasteiger partial charge < -0.3 is 19.5 Å². The van der Waals surface area contributed by atoms with Crippen molar-refractivity contribution in [2.24, 2.45) is 11.8 Å². The first-order valence-electron chi connectivity index (χ1n) is 10.5. The summed E-state index contributed by atoms with van der Waals surface area (Å²) in [4.78, 5) is 50.1. The molecule has 1 N–H and O–H groups in total. The lowest BCUT2D eigenvalue weighted by molar-refractivity contribution is -0.151. The van der Waals surface area contributed by atoms with Crippen LogP contribution in [0.4, 0.5) is 0 Å². The van der Waals surface area contributed by atoms with Gasteiger partial charge in [-0.3, -0.25) is 14.4 Å². The molecule has 1 aromatic rings. The van der Waals surface area contributed by atoms with Crippen LogP contribution in [0.2, 0.25) is 0 Å². The fourth-order valence-electron chi connectivity index (χ4n) is 4.39. The standard InChI is InChI=1S/C24H27NO7/c1-6-31-24(29)19-13(3)25-17-11-12(2)18(23(28)30-5)22(27)21(17)20(19)15-7-9-16(10-8-15)32-14(4)26/h7-10,12,18,20,25H,6,11H2,1-5H3/t12-,18+,20-/m0/s1. The maximum atomic E-state index is 13.6. The van der Waals surface area contributed by atoms with Crippen LogP contribution in [0.1, 0.15) is 45.6 Å². The number of ketones is 1. The highest BCUT2D eigenvalue weighted by Crippen LogP contribution is 2.45. The number of allylic oxidation sites excluding steroid dienone is 3. The van der Waals surface area contributed by atoms with Gasteiger partial charge in [-0.2, -0.15) is 0 Å². The number of methoxy groups -OCH3 is 1. The minimum atomic E-state index is -0.953. The van der Waals surface area contributed by atoms with Gasteiger partial charge in [0.1, 0.15) is 11.7 Å². The molecule has 1 heterocycles. The molecular weight excluding hydrogens is 414 g/mol. The predicted molar refractivity (Wildman–Crippen MR) is 114 cm³/mol. The SMILES string of the molecule is CCOC(=O)C1=C(C)NC2=C(C(=O)[C@H](C(=O)OC)[C@@H](C)C2)[C@H]1c1ccc(OC(C)=O)cc1. The molecule has 0 aromatic heterocycles. The van der Waals surface area contributed by atoms with Gasteiger partial charge >= 0.3 is 17.9 Å². The van der Waals surface area contributed by atoms with Crippen molar-refractivity contribution >= 4 is 23.7 Å². The molecule has 8 nitrogen and oxygen atoms in total. The Labute approximate surface area is 186 Å². The number of rotatable bonds is 5. The Morgan fingerprint density at radius 2 is 1.81 bits per heavy atom. The average molecular weight is 441 g/mol. The Morgan fingerprint density at radius 3 is 2.38 bits per heavy atom. The Kier molecular flexibility index (Phi) is 6.81. The number of benzene rings is 1. The van der Waals surface area contributed by atoms with E-state index in [0.29, 0.717) is 40.3 Å². The molecule has 0 spiro atoms. The smallest absolute Gasteiger partial charge is 0.336 e. The molecule has 8 heteroatoms. The average Bonchev–Trinajstić information content (AvgIpc) is 2.72. The van der Waals surface area contributed by atoms with Gasteiger partial charge in [0.2, 0.25) is 0 Å². The number of esters is 3. The van der Waals surface area contributed by atoms with Crippen molar-refractivity contribution < 1.29 is 33.4 Å². The van der Waals surface area contributed by atoms with Crippen molar-refractivity contribution in [3.63, 3.8) is 0 Å². The molecule has 0 fully saturated rings. The number of hydrogen-bond acceptors (Lipinski definition) is 8. The monoisotopic (exact) mass is 441 g/mol. The third-order valence-corrected chi connectivity index (χ3v) is 5.71. The van der Waals surface area contributed by atoms with E-state index in [9.17, 15) is 19.2 Å². The minimum absolute atomic E-state index is 0.176. The van der Waals surface area contributed by atoms with E-state index in [1.54, 1.807) is 38.1 Å². The molecule has 0 amide bonds. The second-order valence-corrected chi connectivity index (χ2v) is 7.92. The topological polar surface area (TPSA) is 108 Å². The van der Waals surface area contributed by atoms with Crippen molar-refractivity contribution in [3.8, 4) is 5.75 Å². The van der Waals surface area contributed by atoms with Gasteiger partial charge in [0.05, 0.1) is 19.3 Å². The number of carbonyl (C=O) groups is 4. The van der Waals surface area contributed by atoms with Crippen molar-refractivity contribution in [1.82, 2.24) is 5.32 Å². The summed E-state index contributed by atoms with van der Waals surface area (Å²) in [5.74, 6) is -3.56. The van der Waals surface area contributed by atoms with Gasteiger partial charge in [-0.15, -0.1) is 0 Å². The Bertz CT molecular complexity index is 1020. The van der Waals surface area contributed by atoms with E-state index < -0.39 is 29.7 Å². The summed E-state index contributed by atoms with van der Waals surface area (Å²) in [6, 6.07) is 6.60. The van der Waals surface area contributed by atoms with Gasteiger partial charge in [0, 0.05) is 29.8 Å². The molecule has 1 aliphatic heterocycles. The van der Waals surface area contributed by atoms with Crippen LogP contribution >= 0.6 is 0 Å². The van der Waals surface area contributed by atoms with Crippen LogP contribution in [0.3, 0.4) is 0 Å². The van der Waals surface area contributed by atoms with E-state index in [-0.39, 0.29) is 18.3 Å². The van der Waals surface area contributed by atoms with Crippen molar-refractivity contribution in [1.29, 1.82) is 0 Å². The van der Waals surface area contributed by atoms with Crippen molar-refractivity contribution in [2.45, 2.75) is 40.0 Å². The lowest BCUT2D eigenvalue weighted by atomic mass is 9.69. The molecule has 32 heavy (non-hydrogen) atoms. The first-order chi connectivity index (χ1) is 15.2. The van der Waals surface area contributed by atoms with Gasteiger partial charge in [-0.1, -0.05) is 19.1 Å². The molecule has 2 aliphatic rings. The zero-order valence-electron chi connectivity index (χ0n) is 18.8. The second kappa shape index (κ2) is 9.38. The minimum Gasteiger partial charge on any atom is -0.468 e. The summed E-state index contributed by atoms with van der Waals surface area (Å²) in [5.41, 5.74) is 2.57. The fraction of sp³-hybridized carbons (Fsp3) is 0.417. The molecule has 0 bridgehead atoms. The summed E-state index contributed by atoms with van der Waals surface area (Å²) in [7, 11) is 1.25. The number of dihydropyridines is 1. The number of ether oxygens (including phenoxy) is 3. The van der Waals surface area contributed by atoms with Crippen LogP contribution in [0.25, 0.3) is 0 Å². The summed E-state index contributed by atoms with van der Waals surface area (Å²) in [6.45, 7) is 6.77. The largest absolute Gasteiger partial charge is 0.468 e. The molecule has 0 radical (unpaired) electrons. The van der Waals surface area contributed by atoms with Crippen LogP contribution < -0.4 is 10.1 Å². The van der Waals surface area contributed by atoms with Gasteiger partial charge in [0.25, 0.3) is 0 Å². The highest BCUT2D eigenvalue weighted by atomic mass is 16.5. The summed E-state index contributed by atoms with van der Waals surface area (Å²) in [5, 5.41) is 3.20. The summed E-state index contributed by atoms with van der Waals surface area (Å²) < 4.78 is 15.3. The first kappa shape index (κ1) is 23.2. The van der Waals surface area contributed by atoms with Crippen LogP contribution in [-0.2, 0) is 28.7 Å². The summed E-state index contributed by atoms with van der Waals surface area (Å²) in [6.07, 6.45) is 0.455. The van der Waals surface area contributed by atoms with Crippen LogP contribution in [-0.4, -0.2) is 37.4 Å². The van der Waals surface area contributed by atoms with Crippen LogP contribution in [0, 0.1) is 11.8 Å². The van der Waals surface area contributed by atoms with E-state index in [4.69, 9.17) is 14.2 Å². The van der Waals surface area contributed by atoms with Crippen LogP contribution in [0.15, 0.2) is 46.8 Å². The van der Waals surface area contributed by atoms with Gasteiger partial charge in [-0.05, 0) is 43.9 Å². The van der Waals surface area contributed by atoms with Gasteiger partial charge in [-0.25, -0.2) is 4.79 Å². The number of hydrogen-bond donors (Lipinski definition) is 1. The zero-order valence-corrected chi connectivity index (χ0v) is 18.8. The summed E-state index contributed by atoms with van der Waals surface area (Å²) >= 11 is 0. The maximum absolute atomic E-state index is 13.6. The third-order valence-electron chi connectivity index (χ3n) is 5.71. The van der Waals surface area contributed by atoms with Gasteiger partial charge in [0.15, 0.2) is 5.78 Å². The molecule has 0 saturated carbocycles. The van der Waals surface area contributed by atoms with Crippen molar-refractivity contribution in [3.05, 3.63) is 52.4 Å².